The van der Waals surface area contributed by atoms with Crippen LogP contribution in [0.25, 0.3) is 0 Å². The minimum atomic E-state index is 0.288. The summed E-state index contributed by atoms with van der Waals surface area (Å²) in [7, 11) is 0. The van der Waals surface area contributed by atoms with Crippen molar-refractivity contribution in [3.8, 4) is 0 Å². The predicted molar refractivity (Wildman–Crippen MR) is 65.7 cm³/mol. The number of rotatable bonds is 3. The molecule has 2 unspecified atom stereocenters. The first-order valence-corrected chi connectivity index (χ1v) is 5.81. The fraction of sp³-hybridized carbons (Fsp3) is 0.545. The second kappa shape index (κ2) is 4.89. The number of nitrogens with two attached hydrogens (primary N) is 1. The molecule has 1 fully saturated rings. The van der Waals surface area contributed by atoms with Crippen LogP contribution in [0.3, 0.4) is 0 Å². The van der Waals surface area contributed by atoms with E-state index in [0.29, 0.717) is 22.6 Å². The van der Waals surface area contributed by atoms with E-state index in [1.807, 2.05) is 0 Å². The molecule has 1 saturated heterocycles. The Labute approximate surface area is 100 Å². The zero-order valence-electron chi connectivity index (χ0n) is 9.24. The summed E-state index contributed by atoms with van der Waals surface area (Å²) in [5, 5.41) is 3.74. The second-order valence-corrected chi connectivity index (χ2v) is 4.52. The largest absolute Gasteiger partial charge is 0.396 e. The summed E-state index contributed by atoms with van der Waals surface area (Å²) in [4.78, 5) is 4.17. The molecule has 0 aromatic carbocycles. The average molecular weight is 242 g/mol. The van der Waals surface area contributed by atoms with E-state index in [1.165, 1.54) is 0 Å². The SMILES string of the molecule is CC(Nc1nc(Cl)ccc1N)C1CCOC1. The highest BCUT2D eigenvalue weighted by Gasteiger charge is 2.22. The fourth-order valence-electron chi connectivity index (χ4n) is 1.84. The number of hydrogen-bond donors (Lipinski definition) is 2. The molecule has 2 atom stereocenters. The third kappa shape index (κ3) is 2.57. The third-order valence-electron chi connectivity index (χ3n) is 2.93. The zero-order chi connectivity index (χ0) is 11.5. The van der Waals surface area contributed by atoms with Gasteiger partial charge in [0.1, 0.15) is 5.15 Å². The molecule has 0 amide bonds. The Kier molecular flexibility index (Phi) is 3.51. The van der Waals surface area contributed by atoms with Gasteiger partial charge in [0.2, 0.25) is 0 Å². The number of halogens is 1. The molecule has 0 radical (unpaired) electrons. The summed E-state index contributed by atoms with van der Waals surface area (Å²) in [6.45, 7) is 3.76. The normalized spacial score (nSPS) is 22.0. The number of pyridine rings is 1. The lowest BCUT2D eigenvalue weighted by Gasteiger charge is -2.20. The first-order chi connectivity index (χ1) is 7.66. The van der Waals surface area contributed by atoms with E-state index in [4.69, 9.17) is 22.1 Å². The molecule has 1 aliphatic heterocycles. The van der Waals surface area contributed by atoms with Crippen molar-refractivity contribution in [2.75, 3.05) is 24.3 Å². The summed E-state index contributed by atoms with van der Waals surface area (Å²) in [5.41, 5.74) is 6.44. The van der Waals surface area contributed by atoms with Gasteiger partial charge in [-0.15, -0.1) is 0 Å². The Morgan fingerprint density at radius 1 is 1.62 bits per heavy atom. The van der Waals surface area contributed by atoms with Gasteiger partial charge in [-0.2, -0.15) is 0 Å². The molecule has 3 N–H and O–H groups in total. The minimum absolute atomic E-state index is 0.288. The van der Waals surface area contributed by atoms with Crippen molar-refractivity contribution in [3.63, 3.8) is 0 Å². The Morgan fingerprint density at radius 3 is 3.12 bits per heavy atom. The van der Waals surface area contributed by atoms with Crippen LogP contribution in [0.1, 0.15) is 13.3 Å². The Balaban J connectivity index is 2.04. The number of hydrogen-bond acceptors (Lipinski definition) is 4. The lowest BCUT2D eigenvalue weighted by molar-refractivity contribution is 0.183. The topological polar surface area (TPSA) is 60.2 Å². The molecule has 16 heavy (non-hydrogen) atoms. The molecule has 0 saturated carbocycles. The van der Waals surface area contributed by atoms with E-state index < -0.39 is 0 Å². The Morgan fingerprint density at radius 2 is 2.44 bits per heavy atom. The summed E-state index contributed by atoms with van der Waals surface area (Å²) in [6.07, 6.45) is 1.08. The molecule has 2 rings (SSSR count). The van der Waals surface area contributed by atoms with Gasteiger partial charge in [0, 0.05) is 18.6 Å². The molecular formula is C11H16ClN3O. The van der Waals surface area contributed by atoms with Crippen LogP contribution in [0.4, 0.5) is 11.5 Å². The van der Waals surface area contributed by atoms with Gasteiger partial charge >= 0.3 is 0 Å². The van der Waals surface area contributed by atoms with Gasteiger partial charge in [0.25, 0.3) is 0 Å². The molecule has 1 aromatic heterocycles. The maximum absolute atomic E-state index is 5.83. The maximum atomic E-state index is 5.83. The number of nitrogens with zero attached hydrogens (tertiary/aromatic N) is 1. The molecule has 88 valence electrons. The van der Waals surface area contributed by atoms with Crippen LogP contribution in [-0.4, -0.2) is 24.2 Å². The maximum Gasteiger partial charge on any atom is 0.151 e. The summed E-state index contributed by atoms with van der Waals surface area (Å²) < 4.78 is 5.35. The highest BCUT2D eigenvalue weighted by atomic mass is 35.5. The van der Waals surface area contributed by atoms with Crippen LogP contribution in [0.15, 0.2) is 12.1 Å². The second-order valence-electron chi connectivity index (χ2n) is 4.13. The number of ether oxygens (including phenoxy) is 1. The van der Waals surface area contributed by atoms with Crippen molar-refractivity contribution < 1.29 is 4.74 Å². The van der Waals surface area contributed by atoms with E-state index in [1.54, 1.807) is 12.1 Å². The van der Waals surface area contributed by atoms with E-state index >= 15 is 0 Å². The van der Waals surface area contributed by atoms with Crippen LogP contribution in [0.2, 0.25) is 5.15 Å². The van der Waals surface area contributed by atoms with Crippen LogP contribution in [0.5, 0.6) is 0 Å². The Hall–Kier alpha value is -1.00. The van der Waals surface area contributed by atoms with Gasteiger partial charge in [-0.25, -0.2) is 4.98 Å². The van der Waals surface area contributed by atoms with Crippen LogP contribution in [-0.2, 0) is 4.74 Å². The standard InChI is InChI=1S/C11H16ClN3O/c1-7(8-4-5-16-6-8)14-11-9(13)2-3-10(12)15-11/h2-3,7-8H,4-6,13H2,1H3,(H,14,15). The van der Waals surface area contributed by atoms with Crippen molar-refractivity contribution >= 4 is 23.1 Å². The van der Waals surface area contributed by atoms with Gasteiger partial charge in [0.15, 0.2) is 5.82 Å². The molecule has 4 nitrogen and oxygen atoms in total. The molecular weight excluding hydrogens is 226 g/mol. The smallest absolute Gasteiger partial charge is 0.151 e. The van der Waals surface area contributed by atoms with E-state index in [2.05, 4.69) is 17.2 Å². The molecule has 1 aromatic rings. The van der Waals surface area contributed by atoms with Crippen LogP contribution in [0, 0.1) is 5.92 Å². The van der Waals surface area contributed by atoms with Gasteiger partial charge in [0.05, 0.1) is 12.3 Å². The van der Waals surface area contributed by atoms with Gasteiger partial charge in [-0.3, -0.25) is 0 Å². The van der Waals surface area contributed by atoms with Crippen LogP contribution >= 0.6 is 11.6 Å². The van der Waals surface area contributed by atoms with Crippen molar-refractivity contribution in [1.82, 2.24) is 4.98 Å². The summed E-state index contributed by atoms with van der Waals surface area (Å²) in [6, 6.07) is 3.73. The number of aromatic nitrogens is 1. The van der Waals surface area contributed by atoms with Crippen molar-refractivity contribution in [2.24, 2.45) is 5.92 Å². The first kappa shape index (κ1) is 11.5. The molecule has 0 spiro atoms. The number of anilines is 2. The molecule has 2 heterocycles. The van der Waals surface area contributed by atoms with E-state index in [9.17, 15) is 0 Å². The number of nitrogens with one attached hydrogen (secondary N) is 1. The van der Waals surface area contributed by atoms with Crippen molar-refractivity contribution in [1.29, 1.82) is 0 Å². The predicted octanol–water partition coefficient (Wildman–Crippen LogP) is 2.15. The average Bonchev–Trinajstić information content (AvgIpc) is 2.76. The zero-order valence-corrected chi connectivity index (χ0v) is 10.00. The fourth-order valence-corrected chi connectivity index (χ4v) is 1.99. The van der Waals surface area contributed by atoms with E-state index in [0.717, 1.165) is 19.6 Å². The molecule has 0 aliphatic carbocycles. The Bertz CT molecular complexity index is 366. The summed E-state index contributed by atoms with van der Waals surface area (Å²) in [5.74, 6) is 1.17. The lowest BCUT2D eigenvalue weighted by atomic mass is 10.0. The number of nitrogen functional groups attached to an aromatic ring is 1. The molecule has 5 heteroatoms. The minimum Gasteiger partial charge on any atom is -0.396 e. The van der Waals surface area contributed by atoms with Crippen LogP contribution < -0.4 is 11.1 Å². The summed E-state index contributed by atoms with van der Waals surface area (Å²) >= 11 is 5.83. The first-order valence-electron chi connectivity index (χ1n) is 5.43. The van der Waals surface area contributed by atoms with Gasteiger partial charge in [-0.1, -0.05) is 11.6 Å². The highest BCUT2D eigenvalue weighted by molar-refractivity contribution is 6.29. The lowest BCUT2D eigenvalue weighted by Crippen LogP contribution is -2.27. The van der Waals surface area contributed by atoms with Gasteiger partial charge < -0.3 is 15.8 Å². The highest BCUT2D eigenvalue weighted by Crippen LogP contribution is 2.23. The quantitative estimate of drug-likeness (QED) is 0.797. The van der Waals surface area contributed by atoms with Crippen molar-refractivity contribution in [3.05, 3.63) is 17.3 Å². The van der Waals surface area contributed by atoms with E-state index in [-0.39, 0.29) is 6.04 Å². The van der Waals surface area contributed by atoms with Gasteiger partial charge in [-0.05, 0) is 25.5 Å². The molecule has 1 aliphatic rings. The molecule has 0 bridgehead atoms. The third-order valence-corrected chi connectivity index (χ3v) is 3.14. The monoisotopic (exact) mass is 241 g/mol. The van der Waals surface area contributed by atoms with Crippen molar-refractivity contribution in [2.45, 2.75) is 19.4 Å².